The number of benzene rings is 1. The van der Waals surface area contributed by atoms with E-state index in [0.29, 0.717) is 17.2 Å². The predicted molar refractivity (Wildman–Crippen MR) is 105 cm³/mol. The fourth-order valence-electron chi connectivity index (χ4n) is 2.86. The Hall–Kier alpha value is -1.66. The molecule has 25 heavy (non-hydrogen) atoms. The minimum atomic E-state index is -0.339. The van der Waals surface area contributed by atoms with Gasteiger partial charge in [-0.25, -0.2) is 4.79 Å². The highest BCUT2D eigenvalue weighted by Gasteiger charge is 2.15. The van der Waals surface area contributed by atoms with E-state index in [1.165, 1.54) is 10.9 Å². The van der Waals surface area contributed by atoms with Gasteiger partial charge in [0.15, 0.2) is 0 Å². The molecule has 3 aromatic rings. The lowest BCUT2D eigenvalue weighted by atomic mass is 10.1. The number of thiophene rings is 1. The summed E-state index contributed by atoms with van der Waals surface area (Å²) in [5.41, 5.74) is 2.03. The Labute approximate surface area is 156 Å². The Morgan fingerprint density at radius 3 is 2.80 bits per heavy atom. The first-order valence-electron chi connectivity index (χ1n) is 8.09. The van der Waals surface area contributed by atoms with E-state index in [-0.39, 0.29) is 11.7 Å². The summed E-state index contributed by atoms with van der Waals surface area (Å²) in [6.45, 7) is 3.27. The molecular formula is C19H21ClN2O2S. The Balaban J connectivity index is 1.81. The van der Waals surface area contributed by atoms with E-state index < -0.39 is 0 Å². The van der Waals surface area contributed by atoms with Gasteiger partial charge in [-0.3, -0.25) is 0 Å². The van der Waals surface area contributed by atoms with Crippen LogP contribution < -0.4 is 10.9 Å². The lowest BCUT2D eigenvalue weighted by Crippen LogP contribution is -2.30. The first kappa shape index (κ1) is 18.1. The number of fused-ring (bicyclic) bond motifs is 1. The van der Waals surface area contributed by atoms with E-state index in [1.54, 1.807) is 11.3 Å². The topological polar surface area (TPSA) is 45.5 Å². The second-order valence-corrected chi connectivity index (χ2v) is 7.70. The minimum Gasteiger partial charge on any atom is -0.423 e. The number of nitrogens with one attached hydrogen (secondary N) is 1. The molecule has 0 aliphatic heterocycles. The van der Waals surface area contributed by atoms with Crippen LogP contribution in [0.2, 0.25) is 5.02 Å². The average molecular weight is 377 g/mol. The third-order valence-electron chi connectivity index (χ3n) is 4.26. The van der Waals surface area contributed by atoms with Crippen LogP contribution in [0.5, 0.6) is 0 Å². The Kier molecular flexibility index (Phi) is 5.59. The molecule has 3 rings (SSSR count). The summed E-state index contributed by atoms with van der Waals surface area (Å²) in [5, 5.41) is 7.10. The van der Waals surface area contributed by atoms with E-state index in [1.807, 2.05) is 19.1 Å². The SMILES string of the molecule is Cc1cc2oc(=O)cc(CNC[C@@H](c3cccs3)N(C)C)c2cc1Cl. The van der Waals surface area contributed by atoms with Crippen LogP contribution in [0, 0.1) is 6.92 Å². The molecule has 0 saturated heterocycles. The van der Waals surface area contributed by atoms with Crippen molar-refractivity contribution in [1.29, 1.82) is 0 Å². The van der Waals surface area contributed by atoms with Gasteiger partial charge in [0.25, 0.3) is 0 Å². The molecule has 0 radical (unpaired) electrons. The summed E-state index contributed by atoms with van der Waals surface area (Å²) in [5.74, 6) is 0. The normalized spacial score (nSPS) is 12.8. The molecule has 0 amide bonds. The summed E-state index contributed by atoms with van der Waals surface area (Å²) in [6, 6.07) is 9.72. The fourth-order valence-corrected chi connectivity index (χ4v) is 3.94. The smallest absolute Gasteiger partial charge is 0.336 e. The highest BCUT2D eigenvalue weighted by atomic mass is 35.5. The van der Waals surface area contributed by atoms with Gasteiger partial charge in [-0.1, -0.05) is 17.7 Å². The Morgan fingerprint density at radius 2 is 2.12 bits per heavy atom. The van der Waals surface area contributed by atoms with Crippen molar-refractivity contribution in [1.82, 2.24) is 10.2 Å². The lowest BCUT2D eigenvalue weighted by Gasteiger charge is -2.23. The third kappa shape index (κ3) is 4.12. The maximum atomic E-state index is 11.9. The molecular weight excluding hydrogens is 356 g/mol. The van der Waals surface area contributed by atoms with Gasteiger partial charge in [0.05, 0.1) is 6.04 Å². The largest absolute Gasteiger partial charge is 0.423 e. The lowest BCUT2D eigenvalue weighted by molar-refractivity contribution is 0.292. The molecule has 2 heterocycles. The second kappa shape index (κ2) is 7.70. The third-order valence-corrected chi connectivity index (χ3v) is 5.64. The molecule has 0 aliphatic rings. The quantitative estimate of drug-likeness (QED) is 0.654. The fraction of sp³-hybridized carbons (Fsp3) is 0.316. The minimum absolute atomic E-state index is 0.289. The number of hydrogen-bond donors (Lipinski definition) is 1. The van der Waals surface area contributed by atoms with Gasteiger partial charge in [-0.2, -0.15) is 0 Å². The summed E-state index contributed by atoms with van der Waals surface area (Å²) in [6.07, 6.45) is 0. The van der Waals surface area contributed by atoms with Gasteiger partial charge in [0.1, 0.15) is 5.58 Å². The van der Waals surface area contributed by atoms with Crippen LogP contribution in [0.4, 0.5) is 0 Å². The molecule has 1 atom stereocenters. The Morgan fingerprint density at radius 1 is 1.32 bits per heavy atom. The summed E-state index contributed by atoms with van der Waals surface area (Å²) >= 11 is 8.00. The van der Waals surface area contributed by atoms with Crippen molar-refractivity contribution < 1.29 is 4.42 Å². The molecule has 1 aromatic carbocycles. The van der Waals surface area contributed by atoms with Gasteiger partial charge < -0.3 is 14.6 Å². The van der Waals surface area contributed by atoms with E-state index in [2.05, 4.69) is 41.8 Å². The van der Waals surface area contributed by atoms with E-state index in [4.69, 9.17) is 16.0 Å². The molecule has 0 aliphatic carbocycles. The monoisotopic (exact) mass is 376 g/mol. The zero-order valence-corrected chi connectivity index (χ0v) is 16.1. The van der Waals surface area contributed by atoms with Crippen molar-refractivity contribution in [3.05, 3.63) is 67.2 Å². The van der Waals surface area contributed by atoms with E-state index in [0.717, 1.165) is 23.1 Å². The first-order valence-corrected chi connectivity index (χ1v) is 9.35. The molecule has 4 nitrogen and oxygen atoms in total. The van der Waals surface area contributed by atoms with E-state index >= 15 is 0 Å². The highest BCUT2D eigenvalue weighted by molar-refractivity contribution is 7.10. The van der Waals surface area contributed by atoms with Crippen molar-refractivity contribution in [3.8, 4) is 0 Å². The molecule has 0 saturated carbocycles. The maximum absolute atomic E-state index is 11.9. The molecule has 132 valence electrons. The number of likely N-dealkylation sites (N-methyl/N-ethyl adjacent to an activating group) is 1. The number of halogens is 1. The van der Waals surface area contributed by atoms with Crippen molar-refractivity contribution in [3.63, 3.8) is 0 Å². The molecule has 0 fully saturated rings. The van der Waals surface area contributed by atoms with Crippen LogP contribution in [0.25, 0.3) is 11.0 Å². The van der Waals surface area contributed by atoms with Crippen molar-refractivity contribution >= 4 is 33.9 Å². The standard InChI is InChI=1S/C19H21ClN2O2S/c1-12-7-17-14(9-15(12)20)13(8-19(23)24-17)10-21-11-16(22(2)3)18-5-4-6-25-18/h4-9,16,21H,10-11H2,1-3H3/t16-/m0/s1. The number of aryl methyl sites for hydroxylation is 1. The molecule has 0 spiro atoms. The molecule has 6 heteroatoms. The summed E-state index contributed by atoms with van der Waals surface area (Å²) in [7, 11) is 4.14. The van der Waals surface area contributed by atoms with Crippen LogP contribution >= 0.6 is 22.9 Å². The van der Waals surface area contributed by atoms with Crippen LogP contribution in [-0.2, 0) is 6.54 Å². The average Bonchev–Trinajstić information content (AvgIpc) is 3.06. The molecule has 0 unspecified atom stereocenters. The van der Waals surface area contributed by atoms with Crippen molar-refractivity contribution in [2.75, 3.05) is 20.6 Å². The first-order chi connectivity index (χ1) is 12.0. The van der Waals surface area contributed by atoms with Gasteiger partial charge in [0, 0.05) is 34.4 Å². The Bertz CT molecular complexity index is 919. The highest BCUT2D eigenvalue weighted by Crippen LogP contribution is 2.26. The van der Waals surface area contributed by atoms with Gasteiger partial charge >= 0.3 is 5.63 Å². The number of rotatable bonds is 6. The van der Waals surface area contributed by atoms with Gasteiger partial charge in [-0.05, 0) is 55.7 Å². The zero-order valence-electron chi connectivity index (χ0n) is 14.5. The summed E-state index contributed by atoms with van der Waals surface area (Å²) < 4.78 is 5.31. The van der Waals surface area contributed by atoms with Crippen LogP contribution in [0.3, 0.4) is 0 Å². The molecule has 0 bridgehead atoms. The maximum Gasteiger partial charge on any atom is 0.336 e. The number of nitrogens with zero attached hydrogens (tertiary/aromatic N) is 1. The predicted octanol–water partition coefficient (Wildman–Crippen LogP) is 4.21. The van der Waals surface area contributed by atoms with Crippen LogP contribution in [0.1, 0.15) is 22.0 Å². The van der Waals surface area contributed by atoms with E-state index in [9.17, 15) is 4.79 Å². The van der Waals surface area contributed by atoms with Crippen molar-refractivity contribution in [2.24, 2.45) is 0 Å². The van der Waals surface area contributed by atoms with Crippen LogP contribution in [0.15, 0.2) is 44.9 Å². The van der Waals surface area contributed by atoms with Crippen LogP contribution in [-0.4, -0.2) is 25.5 Å². The second-order valence-electron chi connectivity index (χ2n) is 6.31. The van der Waals surface area contributed by atoms with Crippen molar-refractivity contribution in [2.45, 2.75) is 19.5 Å². The summed E-state index contributed by atoms with van der Waals surface area (Å²) in [4.78, 5) is 15.4. The van der Waals surface area contributed by atoms with Gasteiger partial charge in [-0.15, -0.1) is 11.3 Å². The number of hydrogen-bond acceptors (Lipinski definition) is 5. The molecule has 1 N–H and O–H groups in total. The van der Waals surface area contributed by atoms with Gasteiger partial charge in [0.2, 0.25) is 0 Å². The molecule has 2 aromatic heterocycles. The zero-order chi connectivity index (χ0) is 18.0.